The second-order valence-corrected chi connectivity index (χ2v) is 10.1. The maximum absolute atomic E-state index is 12.0. The van der Waals surface area contributed by atoms with Crippen molar-refractivity contribution in [2.45, 2.75) is 61.4 Å². The number of hydrogen-bond acceptors (Lipinski definition) is 16. The van der Waals surface area contributed by atoms with Gasteiger partial charge in [-0.1, -0.05) is 0 Å². The van der Waals surface area contributed by atoms with Crippen molar-refractivity contribution >= 4 is 0 Å². The van der Waals surface area contributed by atoms with Crippen molar-refractivity contribution in [3.63, 3.8) is 0 Å². The van der Waals surface area contributed by atoms with Gasteiger partial charge in [0.2, 0.25) is 6.29 Å². The number of aliphatic hydroxyl groups excluding tert-OH is 7. The van der Waals surface area contributed by atoms with Gasteiger partial charge in [-0.25, -0.2) is 0 Å². The molecule has 43 heavy (non-hydrogen) atoms. The molecule has 5 rings (SSSR count). The number of ether oxygens (including phenoxy) is 4. The summed E-state index contributed by atoms with van der Waals surface area (Å²) in [5, 5.41) is 102. The quantitative estimate of drug-likeness (QED) is 0.124. The lowest BCUT2D eigenvalue weighted by Gasteiger charge is -2.45. The van der Waals surface area contributed by atoms with Crippen LogP contribution in [-0.4, -0.2) is 126 Å². The molecule has 3 heterocycles. The fourth-order valence-electron chi connectivity index (χ4n) is 4.88. The molecule has 1 aliphatic carbocycles. The molecule has 0 unspecified atom stereocenters. The highest BCUT2D eigenvalue weighted by molar-refractivity contribution is 5.76. The number of phenols is 3. The van der Waals surface area contributed by atoms with Crippen molar-refractivity contribution in [2.75, 3.05) is 13.2 Å². The SMILES string of the molecule is O=c1cc2oc(-c3ccc(O)c(O)c3)c(O[C@@H]3O[C@H](CO)[C@H](O)[C@H](O)[C@H]3O[C@@H]3O[C@H](CO)[C@@H](O)[C@H](O)[C@H]3O)cc-2c(O)c1. The van der Waals surface area contributed by atoms with Gasteiger partial charge in [0.25, 0.3) is 0 Å². The maximum atomic E-state index is 12.0. The van der Waals surface area contributed by atoms with Gasteiger partial charge in [0.15, 0.2) is 40.8 Å². The highest BCUT2D eigenvalue weighted by Gasteiger charge is 2.51. The average Bonchev–Trinajstić information content (AvgIpc) is 2.98. The zero-order chi connectivity index (χ0) is 31.2. The van der Waals surface area contributed by atoms with Gasteiger partial charge in [0.05, 0.1) is 18.8 Å². The van der Waals surface area contributed by atoms with Crippen LogP contribution in [0.1, 0.15) is 0 Å². The smallest absolute Gasteiger partial charge is 0.229 e. The molecular formula is C27H30O16. The fraction of sp³-hybridized carbons (Fsp3) is 0.444. The third kappa shape index (κ3) is 5.85. The standard InChI is InChI=1S/C27H30O16/c28-7-17-19(34)21(36)23(38)26(41-17)43-25-22(37)20(35)18(8-29)42-27(25)40-16-6-11-13(32)4-10(30)5-15(11)39-24(16)9-1-2-12(31)14(33)3-9/h1-6,17-23,25-29,31-38H,7-8H2/t17-,18-,19-,20+,21+,22+,23-,25-,26+,27-/m1/s1. The predicted octanol–water partition coefficient (Wildman–Crippen LogP) is -2.47. The third-order valence-electron chi connectivity index (χ3n) is 7.25. The lowest BCUT2D eigenvalue weighted by molar-refractivity contribution is -0.357. The molecule has 1 aromatic rings. The molecule has 16 nitrogen and oxygen atoms in total. The summed E-state index contributed by atoms with van der Waals surface area (Å²) < 4.78 is 28.5. The Hall–Kier alpha value is -3.55. The molecule has 0 amide bonds. The minimum Gasteiger partial charge on any atom is -0.507 e. The van der Waals surface area contributed by atoms with Crippen LogP contribution >= 0.6 is 0 Å². The lowest BCUT2D eigenvalue weighted by Crippen LogP contribution is -2.65. The summed E-state index contributed by atoms with van der Waals surface area (Å²) in [6.07, 6.45) is -17.2. The van der Waals surface area contributed by atoms with E-state index in [1.54, 1.807) is 0 Å². The van der Waals surface area contributed by atoms with Crippen molar-refractivity contribution in [1.82, 2.24) is 0 Å². The monoisotopic (exact) mass is 610 g/mol. The molecule has 16 heteroatoms. The van der Waals surface area contributed by atoms with E-state index in [9.17, 15) is 55.9 Å². The van der Waals surface area contributed by atoms with Gasteiger partial charge in [-0.2, -0.15) is 0 Å². The van der Waals surface area contributed by atoms with Crippen molar-refractivity contribution in [2.24, 2.45) is 0 Å². The van der Waals surface area contributed by atoms with Crippen LogP contribution in [0.4, 0.5) is 0 Å². The largest absolute Gasteiger partial charge is 0.507 e. The van der Waals surface area contributed by atoms with Gasteiger partial charge in [-0.15, -0.1) is 0 Å². The van der Waals surface area contributed by atoms with Crippen LogP contribution in [0.2, 0.25) is 0 Å². The highest BCUT2D eigenvalue weighted by atomic mass is 16.8. The molecule has 0 aromatic heterocycles. The molecular weight excluding hydrogens is 580 g/mol. The first-order valence-corrected chi connectivity index (χ1v) is 13.0. The van der Waals surface area contributed by atoms with Gasteiger partial charge in [-0.3, -0.25) is 4.79 Å². The number of phenolic OH excluding ortho intramolecular Hbond substituents is 3. The van der Waals surface area contributed by atoms with Crippen LogP contribution in [0.3, 0.4) is 0 Å². The molecule has 10 atom stereocenters. The van der Waals surface area contributed by atoms with E-state index in [4.69, 9.17) is 23.4 Å². The molecule has 2 fully saturated rings. The van der Waals surface area contributed by atoms with Crippen LogP contribution in [0.25, 0.3) is 22.6 Å². The summed E-state index contributed by atoms with van der Waals surface area (Å²) in [6.45, 7) is -1.57. The van der Waals surface area contributed by atoms with Crippen LogP contribution in [0.5, 0.6) is 23.0 Å². The Labute approximate surface area is 241 Å². The topological polar surface area (TPSA) is 269 Å². The lowest BCUT2D eigenvalue weighted by atomic mass is 9.97. The average molecular weight is 611 g/mol. The van der Waals surface area contributed by atoms with Crippen molar-refractivity contribution in [3.05, 3.63) is 46.6 Å². The Morgan fingerprint density at radius 2 is 1.35 bits per heavy atom. The van der Waals surface area contributed by atoms with E-state index < -0.39 is 97.3 Å². The van der Waals surface area contributed by atoms with Crippen molar-refractivity contribution in [1.29, 1.82) is 0 Å². The summed E-state index contributed by atoms with van der Waals surface area (Å²) in [5.74, 6) is -2.02. The summed E-state index contributed by atoms with van der Waals surface area (Å²) in [7, 11) is 0. The van der Waals surface area contributed by atoms with Crippen LogP contribution in [-0.2, 0) is 14.2 Å². The maximum Gasteiger partial charge on any atom is 0.229 e. The van der Waals surface area contributed by atoms with Crippen molar-refractivity contribution in [3.8, 4) is 45.6 Å². The van der Waals surface area contributed by atoms with E-state index in [2.05, 4.69) is 0 Å². The van der Waals surface area contributed by atoms with Gasteiger partial charge in [-0.05, 0) is 24.3 Å². The van der Waals surface area contributed by atoms with E-state index in [0.717, 1.165) is 24.3 Å². The van der Waals surface area contributed by atoms with Crippen LogP contribution in [0.15, 0.2) is 45.6 Å². The Morgan fingerprint density at radius 3 is 2.00 bits per heavy atom. The number of rotatable bonds is 7. The molecule has 0 bridgehead atoms. The predicted molar refractivity (Wildman–Crippen MR) is 139 cm³/mol. The zero-order valence-electron chi connectivity index (χ0n) is 22.1. The van der Waals surface area contributed by atoms with Gasteiger partial charge < -0.3 is 74.4 Å². The molecule has 1 aromatic carbocycles. The van der Waals surface area contributed by atoms with E-state index in [0.29, 0.717) is 0 Å². The van der Waals surface area contributed by atoms with Gasteiger partial charge >= 0.3 is 0 Å². The zero-order valence-corrected chi connectivity index (χ0v) is 22.1. The summed E-state index contributed by atoms with van der Waals surface area (Å²) in [4.78, 5) is 12.0. The first-order chi connectivity index (χ1) is 20.4. The number of aliphatic hydroxyl groups is 7. The Balaban J connectivity index is 1.57. The van der Waals surface area contributed by atoms with E-state index >= 15 is 0 Å². The van der Waals surface area contributed by atoms with E-state index in [1.807, 2.05) is 0 Å². The second kappa shape index (κ2) is 12.2. The molecule has 2 saturated heterocycles. The Bertz CT molecular complexity index is 1460. The molecule has 0 spiro atoms. The molecule has 0 radical (unpaired) electrons. The van der Waals surface area contributed by atoms with Crippen LogP contribution < -0.4 is 10.2 Å². The first kappa shape index (κ1) is 30.9. The summed E-state index contributed by atoms with van der Waals surface area (Å²) >= 11 is 0. The molecule has 234 valence electrons. The number of hydrogen-bond donors (Lipinski definition) is 10. The van der Waals surface area contributed by atoms with E-state index in [-0.39, 0.29) is 28.4 Å². The minimum atomic E-state index is -1.90. The van der Waals surface area contributed by atoms with Gasteiger partial charge in [0.1, 0.15) is 54.2 Å². The number of benzene rings is 2. The molecule has 3 aliphatic heterocycles. The van der Waals surface area contributed by atoms with Crippen LogP contribution in [0, 0.1) is 0 Å². The molecule has 10 N–H and O–H groups in total. The van der Waals surface area contributed by atoms with E-state index in [1.165, 1.54) is 12.1 Å². The third-order valence-corrected chi connectivity index (χ3v) is 7.25. The summed E-state index contributed by atoms with van der Waals surface area (Å²) in [6, 6.07) is 6.79. The number of aromatic hydroxyl groups is 3. The highest BCUT2D eigenvalue weighted by Crippen LogP contribution is 2.43. The van der Waals surface area contributed by atoms with Crippen molar-refractivity contribution < 1.29 is 74.4 Å². The first-order valence-electron chi connectivity index (χ1n) is 13.0. The number of fused-ring (bicyclic) bond motifs is 1. The fourth-order valence-corrected chi connectivity index (χ4v) is 4.88. The minimum absolute atomic E-state index is 0.0112. The Morgan fingerprint density at radius 1 is 0.698 bits per heavy atom. The summed E-state index contributed by atoms with van der Waals surface area (Å²) in [5.41, 5.74) is -0.499. The van der Waals surface area contributed by atoms with Gasteiger partial charge in [0, 0.05) is 17.7 Å². The second-order valence-electron chi connectivity index (χ2n) is 10.1. The molecule has 0 saturated carbocycles. The Kier molecular flexibility index (Phi) is 8.77. The normalized spacial score (nSPS) is 33.0. The molecule has 4 aliphatic rings.